The zero-order chi connectivity index (χ0) is 39.3. The number of carbonyl (C=O) groups excluding carboxylic acids is 1. The summed E-state index contributed by atoms with van der Waals surface area (Å²) in [5.74, 6) is -0.328. The Kier molecular flexibility index (Phi) is 34.2. The summed E-state index contributed by atoms with van der Waals surface area (Å²) in [6, 6.07) is 0. The smallest absolute Gasteiger partial charge is 0.306 e. The molecular formula is C45H80O9. The zero-order valence-electron chi connectivity index (χ0n) is 34.2. The van der Waals surface area contributed by atoms with Crippen molar-refractivity contribution < 1.29 is 44.2 Å². The summed E-state index contributed by atoms with van der Waals surface area (Å²) in [6.45, 7) is 4.40. The molecule has 1 saturated heterocycles. The standard InChI is InChI=1S/C45H80O9/c1-3-5-7-9-11-13-15-17-18-19-20-21-23-25-27-29-31-33-35-51-37-39(38-52-45-44(50)43(49)42(48)40(36-46)54-45)53-41(47)34-32-30-28-26-24-22-16-14-12-10-8-6-4-2/h5,7,11,13-14,16-18,39-40,42-46,48-50H,3-4,6,8-10,12,15,19-38H2,1-2H3/b7-5-,13-11-,16-14-,18-17-. The Balaban J connectivity index is 2.28. The number of carbonyl (C=O) groups is 1. The van der Waals surface area contributed by atoms with Crippen molar-refractivity contribution in [3.8, 4) is 0 Å². The van der Waals surface area contributed by atoms with Crippen LogP contribution in [0, 0.1) is 0 Å². The normalized spacial score (nSPS) is 21.3. The SMILES string of the molecule is CC/C=C\C/C=C\C/C=C\CCCCCCCCCCOCC(COC1OC(CO)C(O)C(O)C1O)OC(=O)CCCCCCC/C=C\CCCCCC. The Labute approximate surface area is 329 Å². The number of hydrogen-bond donors (Lipinski definition) is 4. The van der Waals surface area contributed by atoms with Crippen molar-refractivity contribution in [1.29, 1.82) is 0 Å². The van der Waals surface area contributed by atoms with Crippen LogP contribution in [0.25, 0.3) is 0 Å². The number of aliphatic hydroxyl groups is 4. The maximum absolute atomic E-state index is 12.7. The largest absolute Gasteiger partial charge is 0.457 e. The van der Waals surface area contributed by atoms with Crippen molar-refractivity contribution in [3.63, 3.8) is 0 Å². The van der Waals surface area contributed by atoms with Crippen LogP contribution in [0.3, 0.4) is 0 Å². The van der Waals surface area contributed by atoms with E-state index in [-0.39, 0.29) is 19.2 Å². The minimum atomic E-state index is -1.54. The molecule has 0 aliphatic carbocycles. The van der Waals surface area contributed by atoms with Gasteiger partial charge < -0.3 is 39.4 Å². The maximum atomic E-state index is 12.7. The zero-order valence-corrected chi connectivity index (χ0v) is 34.2. The van der Waals surface area contributed by atoms with E-state index in [0.717, 1.165) is 77.0 Å². The first-order valence-corrected chi connectivity index (χ1v) is 21.7. The van der Waals surface area contributed by atoms with Gasteiger partial charge in [0.05, 0.1) is 19.8 Å². The molecule has 1 fully saturated rings. The van der Waals surface area contributed by atoms with Gasteiger partial charge in [0.25, 0.3) is 0 Å². The molecule has 1 aliphatic rings. The number of esters is 1. The second-order valence-corrected chi connectivity index (χ2v) is 14.8. The number of allylic oxidation sites excluding steroid dienone is 8. The van der Waals surface area contributed by atoms with Crippen molar-refractivity contribution >= 4 is 5.97 Å². The molecule has 54 heavy (non-hydrogen) atoms. The van der Waals surface area contributed by atoms with Crippen molar-refractivity contribution in [2.75, 3.05) is 26.4 Å². The molecule has 314 valence electrons. The van der Waals surface area contributed by atoms with Gasteiger partial charge in [0, 0.05) is 13.0 Å². The van der Waals surface area contributed by atoms with Crippen LogP contribution in [-0.4, -0.2) is 89.6 Å². The van der Waals surface area contributed by atoms with Crippen LogP contribution >= 0.6 is 0 Å². The van der Waals surface area contributed by atoms with Gasteiger partial charge in [0.2, 0.25) is 0 Å². The Morgan fingerprint density at radius 2 is 1.13 bits per heavy atom. The maximum Gasteiger partial charge on any atom is 0.306 e. The molecule has 1 rings (SSSR count). The number of aliphatic hydroxyl groups excluding tert-OH is 4. The number of hydrogen-bond acceptors (Lipinski definition) is 9. The first-order chi connectivity index (χ1) is 26.4. The number of rotatable bonds is 36. The van der Waals surface area contributed by atoms with Crippen LogP contribution in [0.5, 0.6) is 0 Å². The van der Waals surface area contributed by atoms with Gasteiger partial charge in [-0.05, 0) is 70.6 Å². The molecule has 0 amide bonds. The molecule has 9 nitrogen and oxygen atoms in total. The highest BCUT2D eigenvalue weighted by molar-refractivity contribution is 5.69. The van der Waals surface area contributed by atoms with E-state index in [1.165, 1.54) is 70.6 Å². The molecular weight excluding hydrogens is 684 g/mol. The van der Waals surface area contributed by atoms with E-state index in [4.69, 9.17) is 18.9 Å². The van der Waals surface area contributed by atoms with Gasteiger partial charge in [-0.3, -0.25) is 4.79 Å². The molecule has 0 aromatic heterocycles. The molecule has 0 saturated carbocycles. The summed E-state index contributed by atoms with van der Waals surface area (Å²) in [5.41, 5.74) is 0. The van der Waals surface area contributed by atoms with Crippen molar-refractivity contribution in [3.05, 3.63) is 48.6 Å². The van der Waals surface area contributed by atoms with Gasteiger partial charge in [0.1, 0.15) is 30.5 Å². The van der Waals surface area contributed by atoms with Gasteiger partial charge in [-0.2, -0.15) is 0 Å². The second kappa shape index (κ2) is 36.8. The fourth-order valence-electron chi connectivity index (χ4n) is 6.32. The predicted molar refractivity (Wildman–Crippen MR) is 219 cm³/mol. The molecule has 0 spiro atoms. The second-order valence-electron chi connectivity index (χ2n) is 14.8. The third-order valence-corrected chi connectivity index (χ3v) is 9.73. The van der Waals surface area contributed by atoms with Gasteiger partial charge in [-0.15, -0.1) is 0 Å². The lowest BCUT2D eigenvalue weighted by Crippen LogP contribution is -2.59. The number of ether oxygens (including phenoxy) is 4. The Bertz CT molecular complexity index is 963. The van der Waals surface area contributed by atoms with Gasteiger partial charge >= 0.3 is 5.97 Å². The first-order valence-electron chi connectivity index (χ1n) is 21.7. The lowest BCUT2D eigenvalue weighted by atomic mass is 9.99. The summed E-state index contributed by atoms with van der Waals surface area (Å²) in [7, 11) is 0. The third kappa shape index (κ3) is 27.7. The van der Waals surface area contributed by atoms with Gasteiger partial charge in [-0.1, -0.05) is 140 Å². The molecule has 9 heteroatoms. The lowest BCUT2D eigenvalue weighted by Gasteiger charge is -2.39. The summed E-state index contributed by atoms with van der Waals surface area (Å²) in [6.07, 6.45) is 37.0. The molecule has 6 atom stereocenters. The van der Waals surface area contributed by atoms with E-state index in [1.807, 2.05) is 0 Å². The van der Waals surface area contributed by atoms with Gasteiger partial charge in [0.15, 0.2) is 6.29 Å². The minimum Gasteiger partial charge on any atom is -0.457 e. The topological polar surface area (TPSA) is 135 Å². The van der Waals surface area contributed by atoms with E-state index < -0.39 is 43.4 Å². The van der Waals surface area contributed by atoms with Crippen LogP contribution in [0.15, 0.2) is 48.6 Å². The fraction of sp³-hybridized carbons (Fsp3) is 0.800. The van der Waals surface area contributed by atoms with E-state index in [9.17, 15) is 25.2 Å². The highest BCUT2D eigenvalue weighted by Gasteiger charge is 2.44. The van der Waals surface area contributed by atoms with E-state index in [2.05, 4.69) is 62.5 Å². The molecule has 0 aromatic carbocycles. The molecule has 1 aliphatic heterocycles. The summed E-state index contributed by atoms with van der Waals surface area (Å²) < 4.78 is 22.8. The minimum absolute atomic E-state index is 0.121. The highest BCUT2D eigenvalue weighted by atomic mass is 16.7. The number of unbranched alkanes of at least 4 members (excludes halogenated alkanes) is 17. The van der Waals surface area contributed by atoms with Crippen LogP contribution in [-0.2, 0) is 23.7 Å². The molecule has 0 bridgehead atoms. The summed E-state index contributed by atoms with van der Waals surface area (Å²) >= 11 is 0. The van der Waals surface area contributed by atoms with E-state index in [1.54, 1.807) is 0 Å². The van der Waals surface area contributed by atoms with Crippen LogP contribution in [0.1, 0.15) is 168 Å². The average Bonchev–Trinajstić information content (AvgIpc) is 3.17. The monoisotopic (exact) mass is 765 g/mol. The summed E-state index contributed by atoms with van der Waals surface area (Å²) in [5, 5.41) is 40.1. The first kappa shape index (κ1) is 50.2. The van der Waals surface area contributed by atoms with Gasteiger partial charge in [-0.25, -0.2) is 0 Å². The molecule has 0 aromatic rings. The van der Waals surface area contributed by atoms with Crippen molar-refractivity contribution in [2.45, 2.75) is 205 Å². The van der Waals surface area contributed by atoms with Crippen LogP contribution < -0.4 is 0 Å². The third-order valence-electron chi connectivity index (χ3n) is 9.73. The quantitative estimate of drug-likeness (QED) is 0.0280. The van der Waals surface area contributed by atoms with Crippen molar-refractivity contribution in [2.24, 2.45) is 0 Å². The van der Waals surface area contributed by atoms with E-state index >= 15 is 0 Å². The fourth-order valence-corrected chi connectivity index (χ4v) is 6.32. The Hall–Kier alpha value is -1.85. The Morgan fingerprint density at radius 1 is 0.611 bits per heavy atom. The van der Waals surface area contributed by atoms with Crippen LogP contribution in [0.4, 0.5) is 0 Å². The Morgan fingerprint density at radius 3 is 1.72 bits per heavy atom. The molecule has 6 unspecified atom stereocenters. The summed E-state index contributed by atoms with van der Waals surface area (Å²) in [4.78, 5) is 12.7. The van der Waals surface area contributed by atoms with E-state index in [0.29, 0.717) is 13.0 Å². The lowest BCUT2D eigenvalue weighted by molar-refractivity contribution is -0.305. The highest BCUT2D eigenvalue weighted by Crippen LogP contribution is 2.22. The molecule has 0 radical (unpaired) electrons. The van der Waals surface area contributed by atoms with Crippen LogP contribution in [0.2, 0.25) is 0 Å². The van der Waals surface area contributed by atoms with Crippen molar-refractivity contribution in [1.82, 2.24) is 0 Å². The molecule has 4 N–H and O–H groups in total. The molecule has 1 heterocycles. The predicted octanol–water partition coefficient (Wildman–Crippen LogP) is 9.36. The average molecular weight is 765 g/mol.